The van der Waals surface area contributed by atoms with E-state index in [2.05, 4.69) is 0 Å². The Balaban J connectivity index is 0.00000312. The van der Waals surface area contributed by atoms with Crippen molar-refractivity contribution in [3.05, 3.63) is 64.7 Å². The van der Waals surface area contributed by atoms with E-state index in [0.29, 0.717) is 16.3 Å². The Morgan fingerprint density at radius 1 is 1.28 bits per heavy atom. The SMILES string of the molecule is Cc1cc(Cl)ccc1OCC(=O)OC(c1ccccc1)P(=O)([O-])O.[K+]. The molecule has 0 aliphatic heterocycles. The summed E-state index contributed by atoms with van der Waals surface area (Å²) < 4.78 is 21.7. The van der Waals surface area contributed by atoms with E-state index in [1.807, 2.05) is 0 Å². The monoisotopic (exact) mass is 408 g/mol. The Morgan fingerprint density at radius 3 is 2.48 bits per heavy atom. The fourth-order valence-electron chi connectivity index (χ4n) is 2.01. The van der Waals surface area contributed by atoms with E-state index in [-0.39, 0.29) is 56.9 Å². The van der Waals surface area contributed by atoms with E-state index in [9.17, 15) is 19.1 Å². The second-order valence-corrected chi connectivity index (χ2v) is 7.05. The second-order valence-electron chi connectivity index (χ2n) is 5.02. The number of carbonyl (C=O) groups excluding carboxylic acids is 1. The van der Waals surface area contributed by atoms with Gasteiger partial charge in [0.05, 0.1) is 0 Å². The molecule has 2 aromatic carbocycles. The fourth-order valence-corrected chi connectivity index (χ4v) is 3.04. The molecular formula is C16H15ClKO6P. The molecule has 9 heteroatoms. The summed E-state index contributed by atoms with van der Waals surface area (Å²) in [4.78, 5) is 32.7. The molecule has 128 valence electrons. The summed E-state index contributed by atoms with van der Waals surface area (Å²) in [7, 11) is -4.93. The molecule has 0 amide bonds. The quantitative estimate of drug-likeness (QED) is 0.404. The molecule has 0 aliphatic rings. The maximum atomic E-state index is 11.9. The molecule has 0 aromatic heterocycles. The summed E-state index contributed by atoms with van der Waals surface area (Å²) in [5.74, 6) is -2.29. The van der Waals surface area contributed by atoms with Gasteiger partial charge in [0.15, 0.2) is 20.0 Å². The molecule has 1 N–H and O–H groups in total. The zero-order valence-corrected chi connectivity index (χ0v) is 18.5. The number of esters is 1. The summed E-state index contributed by atoms with van der Waals surface area (Å²) in [6.45, 7) is 1.24. The average molecular weight is 409 g/mol. The maximum Gasteiger partial charge on any atom is 1.00 e. The molecule has 0 spiro atoms. The van der Waals surface area contributed by atoms with Gasteiger partial charge in [0, 0.05) is 10.6 Å². The van der Waals surface area contributed by atoms with Gasteiger partial charge >= 0.3 is 57.4 Å². The summed E-state index contributed by atoms with van der Waals surface area (Å²) in [5.41, 5.74) is 0.862. The number of aryl methyl sites for hydroxylation is 1. The molecule has 2 atom stereocenters. The second kappa shape index (κ2) is 10.2. The third-order valence-electron chi connectivity index (χ3n) is 3.11. The molecule has 0 saturated heterocycles. The third kappa shape index (κ3) is 7.13. The van der Waals surface area contributed by atoms with E-state index in [1.165, 1.54) is 12.1 Å². The molecule has 0 fully saturated rings. The van der Waals surface area contributed by atoms with Crippen molar-refractivity contribution in [2.45, 2.75) is 12.8 Å². The number of ether oxygens (including phenoxy) is 2. The maximum absolute atomic E-state index is 11.9. The van der Waals surface area contributed by atoms with Crippen LogP contribution in [0, 0.1) is 6.92 Å². The number of rotatable bonds is 6. The molecule has 2 rings (SSSR count). The van der Waals surface area contributed by atoms with E-state index in [0.717, 1.165) is 0 Å². The number of halogens is 1. The van der Waals surface area contributed by atoms with Gasteiger partial charge in [-0.15, -0.1) is 0 Å². The van der Waals surface area contributed by atoms with Gasteiger partial charge in [-0.05, 0) is 30.7 Å². The van der Waals surface area contributed by atoms with Crippen LogP contribution in [-0.4, -0.2) is 17.5 Å². The van der Waals surface area contributed by atoms with Crippen LogP contribution in [0.5, 0.6) is 5.75 Å². The average Bonchev–Trinajstić information content (AvgIpc) is 2.51. The van der Waals surface area contributed by atoms with Crippen molar-refractivity contribution < 1.29 is 80.0 Å². The van der Waals surface area contributed by atoms with Crippen LogP contribution < -0.4 is 61.0 Å². The molecule has 2 aromatic rings. The van der Waals surface area contributed by atoms with Gasteiger partial charge in [-0.25, -0.2) is 4.79 Å². The molecule has 0 saturated carbocycles. The van der Waals surface area contributed by atoms with Crippen molar-refractivity contribution in [3.63, 3.8) is 0 Å². The van der Waals surface area contributed by atoms with Gasteiger partial charge < -0.3 is 23.8 Å². The van der Waals surface area contributed by atoms with Gasteiger partial charge in [-0.3, -0.25) is 0 Å². The first-order valence-electron chi connectivity index (χ1n) is 6.94. The van der Waals surface area contributed by atoms with Crippen molar-refractivity contribution in [2.24, 2.45) is 0 Å². The Hall–Kier alpha value is -0.214. The zero-order chi connectivity index (χ0) is 17.7. The number of hydrogen-bond acceptors (Lipinski definition) is 5. The van der Waals surface area contributed by atoms with Crippen LogP contribution in [0.25, 0.3) is 0 Å². The summed E-state index contributed by atoms with van der Waals surface area (Å²) >= 11 is 5.83. The normalized spacial score (nSPS) is 13.9. The smallest absolute Gasteiger partial charge is 0.776 e. The van der Waals surface area contributed by atoms with Crippen LogP contribution in [-0.2, 0) is 14.1 Å². The van der Waals surface area contributed by atoms with Crippen LogP contribution in [0.1, 0.15) is 17.0 Å². The number of benzene rings is 2. The molecular weight excluding hydrogens is 394 g/mol. The molecule has 6 nitrogen and oxygen atoms in total. The number of hydrogen-bond donors (Lipinski definition) is 1. The predicted octanol–water partition coefficient (Wildman–Crippen LogP) is -0.181. The van der Waals surface area contributed by atoms with Gasteiger partial charge in [-0.1, -0.05) is 41.9 Å². The van der Waals surface area contributed by atoms with Crippen molar-refractivity contribution in [3.8, 4) is 5.75 Å². The van der Waals surface area contributed by atoms with Crippen LogP contribution in [0.3, 0.4) is 0 Å². The minimum atomic E-state index is -4.93. The van der Waals surface area contributed by atoms with E-state index in [1.54, 1.807) is 43.3 Å². The molecule has 25 heavy (non-hydrogen) atoms. The minimum absolute atomic E-state index is 0. The predicted molar refractivity (Wildman–Crippen MR) is 86.8 cm³/mol. The fraction of sp³-hybridized carbons (Fsp3) is 0.188. The molecule has 0 aliphatic carbocycles. The van der Waals surface area contributed by atoms with Crippen molar-refractivity contribution in [2.75, 3.05) is 6.61 Å². The Labute approximate surface area is 193 Å². The Bertz CT molecular complexity index is 764. The van der Waals surface area contributed by atoms with Crippen LogP contribution in [0.15, 0.2) is 48.5 Å². The molecule has 2 unspecified atom stereocenters. The minimum Gasteiger partial charge on any atom is -0.776 e. The van der Waals surface area contributed by atoms with Gasteiger partial charge in [-0.2, -0.15) is 0 Å². The summed E-state index contributed by atoms with van der Waals surface area (Å²) in [5, 5.41) is 0.527. The topological polar surface area (TPSA) is 95.9 Å². The first-order valence-corrected chi connectivity index (χ1v) is 8.96. The Morgan fingerprint density at radius 2 is 1.92 bits per heavy atom. The van der Waals surface area contributed by atoms with Crippen molar-refractivity contribution in [1.82, 2.24) is 0 Å². The first-order chi connectivity index (χ1) is 11.3. The van der Waals surface area contributed by atoms with Crippen LogP contribution in [0.2, 0.25) is 5.02 Å². The molecule has 0 bridgehead atoms. The van der Waals surface area contributed by atoms with Gasteiger partial charge in [0.2, 0.25) is 0 Å². The number of carbonyl (C=O) groups is 1. The summed E-state index contributed by atoms with van der Waals surface area (Å²) in [6, 6.07) is 12.5. The van der Waals surface area contributed by atoms with E-state index in [4.69, 9.17) is 21.1 Å². The van der Waals surface area contributed by atoms with Gasteiger partial charge in [0.1, 0.15) is 5.75 Å². The van der Waals surface area contributed by atoms with E-state index >= 15 is 0 Å². The van der Waals surface area contributed by atoms with E-state index < -0.39 is 26.0 Å². The standard InChI is InChI=1S/C16H16ClO6P.K/c1-11-9-13(17)7-8-14(11)22-10-15(18)23-16(24(19,20)21)12-5-3-2-4-6-12;/h2-9,16H,10H2,1H3,(H2,19,20,21);/q;+1/p-1. The molecule has 0 radical (unpaired) electrons. The Kier molecular flexibility index (Phi) is 9.32. The van der Waals surface area contributed by atoms with Crippen LogP contribution in [0.4, 0.5) is 0 Å². The largest absolute Gasteiger partial charge is 1.00 e. The third-order valence-corrected chi connectivity index (χ3v) is 4.34. The summed E-state index contributed by atoms with van der Waals surface area (Å²) in [6.07, 6.45) is 0. The van der Waals surface area contributed by atoms with Gasteiger partial charge in [0.25, 0.3) is 0 Å². The first kappa shape index (κ1) is 22.8. The molecule has 0 heterocycles. The zero-order valence-electron chi connectivity index (χ0n) is 13.7. The van der Waals surface area contributed by atoms with Crippen LogP contribution >= 0.6 is 19.2 Å². The van der Waals surface area contributed by atoms with Crippen molar-refractivity contribution >= 4 is 25.2 Å². The van der Waals surface area contributed by atoms with Crippen molar-refractivity contribution in [1.29, 1.82) is 0 Å².